The molecule has 0 radical (unpaired) electrons. The molecule has 0 spiro atoms. The van der Waals surface area contributed by atoms with Gasteiger partial charge in [0.25, 0.3) is 5.91 Å². The highest BCUT2D eigenvalue weighted by Crippen LogP contribution is 2.37. The Hall–Kier alpha value is -3.69. The summed E-state index contributed by atoms with van der Waals surface area (Å²) >= 11 is 0. The van der Waals surface area contributed by atoms with Crippen LogP contribution in [0.2, 0.25) is 0 Å². The maximum Gasteiger partial charge on any atom is 0.415 e. The van der Waals surface area contributed by atoms with Crippen LogP contribution in [0.15, 0.2) is 36.5 Å². The van der Waals surface area contributed by atoms with E-state index in [0.717, 1.165) is 57.8 Å². The normalized spacial score (nSPS) is 14.7. The third kappa shape index (κ3) is 4.72. The second-order valence-electron chi connectivity index (χ2n) is 10.1. The first kappa shape index (κ1) is 25.0. The standard InChI is InChI=1S/C28H34N6O3/c1-18-20-8-9-29-25(27(35)30-10-11-31(2)3)22(20)17-23-21-16-19(6-7-24(21)33(5)26(18)23)37-28(36)34-14-12-32(4)13-15-34/h6-9,16-17H,10-15H2,1-5H3,(H,30,35). The number of carbonyl (C=O) groups excluding carboxylic acids is 2. The lowest BCUT2D eigenvalue weighted by Gasteiger charge is -2.31. The largest absolute Gasteiger partial charge is 0.415 e. The zero-order valence-corrected chi connectivity index (χ0v) is 22.2. The molecule has 0 bridgehead atoms. The number of amides is 2. The Morgan fingerprint density at radius 3 is 2.49 bits per heavy atom. The number of rotatable bonds is 5. The van der Waals surface area contributed by atoms with Gasteiger partial charge in [0.05, 0.1) is 5.52 Å². The summed E-state index contributed by atoms with van der Waals surface area (Å²) in [6.45, 7) is 6.35. The summed E-state index contributed by atoms with van der Waals surface area (Å²) in [6.07, 6.45) is 1.37. The van der Waals surface area contributed by atoms with E-state index in [0.29, 0.717) is 31.1 Å². The second-order valence-corrected chi connectivity index (χ2v) is 10.1. The number of likely N-dealkylation sites (N-methyl/N-ethyl adjacent to an activating group) is 2. The minimum absolute atomic E-state index is 0.187. The molecule has 4 aromatic rings. The predicted octanol–water partition coefficient (Wildman–Crippen LogP) is 3.23. The summed E-state index contributed by atoms with van der Waals surface area (Å²) in [4.78, 5) is 36.2. The van der Waals surface area contributed by atoms with Crippen LogP contribution >= 0.6 is 0 Å². The van der Waals surface area contributed by atoms with Gasteiger partial charge in [-0.3, -0.25) is 9.78 Å². The summed E-state index contributed by atoms with van der Waals surface area (Å²) in [5.74, 6) is 0.322. The van der Waals surface area contributed by atoms with Crippen LogP contribution in [0.3, 0.4) is 0 Å². The van der Waals surface area contributed by atoms with Crippen molar-refractivity contribution in [1.82, 2.24) is 29.6 Å². The molecule has 37 heavy (non-hydrogen) atoms. The fraction of sp³-hybridized carbons (Fsp3) is 0.393. The van der Waals surface area contributed by atoms with E-state index in [1.807, 2.05) is 56.4 Å². The molecule has 0 atom stereocenters. The molecule has 0 aliphatic carbocycles. The van der Waals surface area contributed by atoms with E-state index in [2.05, 4.69) is 33.7 Å². The molecule has 0 saturated carbocycles. The quantitative estimate of drug-likeness (QED) is 0.451. The van der Waals surface area contributed by atoms with Crippen molar-refractivity contribution in [2.24, 2.45) is 7.05 Å². The number of fused-ring (bicyclic) bond motifs is 4. The summed E-state index contributed by atoms with van der Waals surface area (Å²) in [5, 5.41) is 6.75. The first-order valence-electron chi connectivity index (χ1n) is 12.6. The number of pyridine rings is 1. The Bertz CT molecular complexity index is 1500. The highest BCUT2D eigenvalue weighted by Gasteiger charge is 2.22. The van der Waals surface area contributed by atoms with Crippen molar-refractivity contribution >= 4 is 44.6 Å². The van der Waals surface area contributed by atoms with Crippen LogP contribution < -0.4 is 10.1 Å². The molecular formula is C28H34N6O3. The molecule has 9 heteroatoms. The van der Waals surface area contributed by atoms with Gasteiger partial charge in [0.2, 0.25) is 0 Å². The van der Waals surface area contributed by atoms with E-state index in [9.17, 15) is 9.59 Å². The van der Waals surface area contributed by atoms with Crippen molar-refractivity contribution < 1.29 is 14.3 Å². The summed E-state index contributed by atoms with van der Waals surface area (Å²) in [6, 6.07) is 9.75. The molecule has 3 heterocycles. The zero-order valence-electron chi connectivity index (χ0n) is 22.2. The SMILES string of the molecule is Cc1c2ccnc(C(=O)NCCN(C)C)c2cc2c3cc(OC(=O)N4CCN(C)CC4)ccc3n(C)c12. The third-order valence-corrected chi connectivity index (χ3v) is 7.27. The van der Waals surface area contributed by atoms with Gasteiger partial charge in [0.15, 0.2) is 0 Å². The molecular weight excluding hydrogens is 468 g/mol. The maximum atomic E-state index is 13.0. The van der Waals surface area contributed by atoms with Crippen molar-refractivity contribution in [2.75, 3.05) is 60.4 Å². The molecule has 2 amide bonds. The Morgan fingerprint density at radius 2 is 1.76 bits per heavy atom. The lowest BCUT2D eigenvalue weighted by Crippen LogP contribution is -2.48. The van der Waals surface area contributed by atoms with Crippen LogP contribution in [0.1, 0.15) is 16.1 Å². The lowest BCUT2D eigenvalue weighted by molar-refractivity contribution is 0.0947. The minimum Gasteiger partial charge on any atom is -0.410 e. The van der Waals surface area contributed by atoms with Gasteiger partial charge in [-0.15, -0.1) is 0 Å². The fourth-order valence-corrected chi connectivity index (χ4v) is 5.15. The lowest BCUT2D eigenvalue weighted by atomic mass is 10.00. The number of carbonyl (C=O) groups is 2. The molecule has 194 valence electrons. The topological polar surface area (TPSA) is 82.9 Å². The predicted molar refractivity (Wildman–Crippen MR) is 146 cm³/mol. The van der Waals surface area contributed by atoms with E-state index in [4.69, 9.17) is 4.74 Å². The third-order valence-electron chi connectivity index (χ3n) is 7.27. The van der Waals surface area contributed by atoms with Crippen LogP contribution in [0, 0.1) is 6.92 Å². The number of benzene rings is 2. The number of hydrogen-bond acceptors (Lipinski definition) is 6. The van der Waals surface area contributed by atoms with Gasteiger partial charge >= 0.3 is 6.09 Å². The van der Waals surface area contributed by atoms with Crippen molar-refractivity contribution in [3.05, 3.63) is 47.8 Å². The summed E-state index contributed by atoms with van der Waals surface area (Å²) in [5.41, 5.74) is 3.59. The number of hydrogen-bond donors (Lipinski definition) is 1. The average molecular weight is 503 g/mol. The Balaban J connectivity index is 1.55. The van der Waals surface area contributed by atoms with Crippen LogP contribution in [-0.4, -0.2) is 96.7 Å². The fourth-order valence-electron chi connectivity index (χ4n) is 5.15. The van der Waals surface area contributed by atoms with E-state index < -0.39 is 0 Å². The Kier molecular flexibility index (Phi) is 6.74. The molecule has 0 unspecified atom stereocenters. The Labute approximate surface area is 216 Å². The maximum absolute atomic E-state index is 13.0. The first-order valence-corrected chi connectivity index (χ1v) is 12.6. The van der Waals surface area contributed by atoms with Crippen LogP contribution in [-0.2, 0) is 7.05 Å². The Morgan fingerprint density at radius 1 is 1.00 bits per heavy atom. The monoisotopic (exact) mass is 502 g/mol. The molecule has 2 aromatic carbocycles. The highest BCUT2D eigenvalue weighted by molar-refractivity contribution is 6.17. The minimum atomic E-state index is -0.324. The van der Waals surface area contributed by atoms with Crippen molar-refractivity contribution in [3.63, 3.8) is 0 Å². The summed E-state index contributed by atoms with van der Waals surface area (Å²) in [7, 11) is 8.03. The molecule has 1 fully saturated rings. The van der Waals surface area contributed by atoms with E-state index >= 15 is 0 Å². The van der Waals surface area contributed by atoms with E-state index in [-0.39, 0.29) is 12.0 Å². The molecule has 1 aliphatic rings. The van der Waals surface area contributed by atoms with Crippen molar-refractivity contribution in [1.29, 1.82) is 0 Å². The van der Waals surface area contributed by atoms with Gasteiger partial charge in [-0.1, -0.05) is 0 Å². The molecule has 9 nitrogen and oxygen atoms in total. The van der Waals surface area contributed by atoms with Crippen LogP contribution in [0.25, 0.3) is 32.6 Å². The van der Waals surface area contributed by atoms with Crippen LogP contribution in [0.5, 0.6) is 5.75 Å². The molecule has 1 saturated heterocycles. The van der Waals surface area contributed by atoms with E-state index in [1.165, 1.54) is 0 Å². The van der Waals surface area contributed by atoms with Gasteiger partial charge in [0, 0.05) is 74.2 Å². The molecule has 1 N–H and O–H groups in total. The summed E-state index contributed by atoms with van der Waals surface area (Å²) < 4.78 is 7.93. The number of aryl methyl sites for hydroxylation is 2. The van der Waals surface area contributed by atoms with Crippen molar-refractivity contribution in [2.45, 2.75) is 6.92 Å². The van der Waals surface area contributed by atoms with E-state index in [1.54, 1.807) is 11.1 Å². The van der Waals surface area contributed by atoms with Gasteiger partial charge in [-0.2, -0.15) is 0 Å². The molecule has 2 aromatic heterocycles. The number of ether oxygens (including phenoxy) is 1. The zero-order chi connectivity index (χ0) is 26.3. The average Bonchev–Trinajstić information content (AvgIpc) is 3.15. The number of aromatic nitrogens is 2. The van der Waals surface area contributed by atoms with Gasteiger partial charge in [-0.25, -0.2) is 4.79 Å². The highest BCUT2D eigenvalue weighted by atomic mass is 16.6. The molecule has 5 rings (SSSR count). The van der Waals surface area contributed by atoms with Crippen LogP contribution in [0.4, 0.5) is 4.79 Å². The number of nitrogens with zero attached hydrogens (tertiary/aromatic N) is 5. The smallest absolute Gasteiger partial charge is 0.410 e. The van der Waals surface area contributed by atoms with Gasteiger partial charge < -0.3 is 29.3 Å². The second kappa shape index (κ2) is 9.99. The van der Waals surface area contributed by atoms with Gasteiger partial charge in [0.1, 0.15) is 11.4 Å². The first-order chi connectivity index (χ1) is 17.7. The van der Waals surface area contributed by atoms with Gasteiger partial charge in [-0.05, 0) is 69.3 Å². The molecule has 1 aliphatic heterocycles. The van der Waals surface area contributed by atoms with Crippen molar-refractivity contribution in [3.8, 4) is 5.75 Å². The number of nitrogens with one attached hydrogen (secondary N) is 1. The number of piperazine rings is 1.